The van der Waals surface area contributed by atoms with Crippen LogP contribution in [0.4, 0.5) is 0 Å². The summed E-state index contributed by atoms with van der Waals surface area (Å²) < 4.78 is 6.29. The van der Waals surface area contributed by atoms with Gasteiger partial charge in [0.1, 0.15) is 0 Å². The van der Waals surface area contributed by atoms with Crippen LogP contribution in [0.3, 0.4) is 0 Å². The molecule has 0 aromatic carbocycles. The van der Waals surface area contributed by atoms with Gasteiger partial charge >= 0.3 is 5.69 Å². The van der Waals surface area contributed by atoms with Crippen LogP contribution in [0.5, 0.6) is 5.88 Å². The summed E-state index contributed by atoms with van der Waals surface area (Å²) in [5, 5.41) is 10.2. The first kappa shape index (κ1) is 16.5. The fourth-order valence-electron chi connectivity index (χ4n) is 2.11. The van der Waals surface area contributed by atoms with Crippen molar-refractivity contribution in [2.75, 3.05) is 13.7 Å². The van der Waals surface area contributed by atoms with E-state index < -0.39 is 11.2 Å². The molecule has 0 saturated heterocycles. The van der Waals surface area contributed by atoms with Crippen LogP contribution in [0.2, 0.25) is 0 Å². The fourth-order valence-corrected chi connectivity index (χ4v) is 2.11. The third-order valence-corrected chi connectivity index (χ3v) is 3.33. The van der Waals surface area contributed by atoms with Gasteiger partial charge in [-0.15, -0.1) is 0 Å². The molecule has 2 N–H and O–H groups in total. The number of H-pyrrole nitrogens is 1. The molecule has 0 fully saturated rings. The maximum atomic E-state index is 11.9. The summed E-state index contributed by atoms with van der Waals surface area (Å²) in [5.41, 5.74) is -1.02. The minimum atomic E-state index is -0.571. The van der Waals surface area contributed by atoms with Gasteiger partial charge in [0.15, 0.2) is 0 Å². The first-order valence-corrected chi connectivity index (χ1v) is 6.86. The number of aromatic amines is 1. The summed E-state index contributed by atoms with van der Waals surface area (Å²) in [5.74, 6) is -0.217. The number of aromatic nitrogens is 2. The van der Waals surface area contributed by atoms with Crippen LogP contribution in [0.15, 0.2) is 9.59 Å². The molecule has 20 heavy (non-hydrogen) atoms. The predicted molar refractivity (Wildman–Crippen MR) is 77.3 cm³/mol. The molecule has 1 aromatic rings. The Morgan fingerprint density at radius 2 is 2.00 bits per heavy atom. The van der Waals surface area contributed by atoms with Gasteiger partial charge in [-0.25, -0.2) is 4.79 Å². The van der Waals surface area contributed by atoms with Gasteiger partial charge in [0.25, 0.3) is 5.56 Å². The Morgan fingerprint density at radius 1 is 1.35 bits per heavy atom. The molecule has 0 spiro atoms. The average molecular weight is 284 g/mol. The first-order chi connectivity index (χ1) is 9.32. The molecule has 0 amide bonds. The number of aromatic hydroxyl groups is 1. The minimum absolute atomic E-state index is 0.217. The molecule has 6 heteroatoms. The lowest BCUT2D eigenvalue weighted by molar-refractivity contribution is 0.139. The van der Waals surface area contributed by atoms with E-state index in [0.29, 0.717) is 19.6 Å². The SMILES string of the molecule is CCCc1c(O)n(CC(C)(C)CCOC)c(=O)[nH]c1=O. The van der Waals surface area contributed by atoms with Crippen molar-refractivity contribution >= 4 is 0 Å². The van der Waals surface area contributed by atoms with E-state index in [-0.39, 0.29) is 16.9 Å². The molecule has 0 aliphatic carbocycles. The van der Waals surface area contributed by atoms with Gasteiger partial charge in [-0.1, -0.05) is 27.2 Å². The summed E-state index contributed by atoms with van der Waals surface area (Å²) in [6, 6.07) is 0. The molecule has 1 rings (SSSR count). The van der Waals surface area contributed by atoms with Gasteiger partial charge in [-0.2, -0.15) is 0 Å². The monoisotopic (exact) mass is 284 g/mol. The highest BCUT2D eigenvalue weighted by molar-refractivity contribution is 5.22. The summed E-state index contributed by atoms with van der Waals surface area (Å²) in [4.78, 5) is 25.8. The zero-order valence-electron chi connectivity index (χ0n) is 12.7. The molecule has 0 aliphatic heterocycles. The third kappa shape index (κ3) is 3.96. The maximum Gasteiger partial charge on any atom is 0.331 e. The van der Waals surface area contributed by atoms with Gasteiger partial charge in [-0.05, 0) is 18.3 Å². The smallest absolute Gasteiger partial charge is 0.331 e. The number of hydrogen-bond donors (Lipinski definition) is 2. The Hall–Kier alpha value is -1.56. The molecule has 0 bridgehead atoms. The third-order valence-electron chi connectivity index (χ3n) is 3.33. The number of rotatable bonds is 7. The fraction of sp³-hybridized carbons (Fsp3) is 0.714. The van der Waals surface area contributed by atoms with Crippen molar-refractivity contribution in [1.82, 2.24) is 9.55 Å². The van der Waals surface area contributed by atoms with E-state index in [1.807, 2.05) is 20.8 Å². The Morgan fingerprint density at radius 3 is 2.55 bits per heavy atom. The zero-order chi connectivity index (χ0) is 15.3. The van der Waals surface area contributed by atoms with Crippen molar-refractivity contribution in [3.05, 3.63) is 26.4 Å². The molecule has 0 atom stereocenters. The number of nitrogens with zero attached hydrogens (tertiary/aromatic N) is 1. The molecule has 0 aliphatic rings. The molecular weight excluding hydrogens is 260 g/mol. The van der Waals surface area contributed by atoms with Gasteiger partial charge in [0, 0.05) is 20.3 Å². The maximum absolute atomic E-state index is 11.9. The van der Waals surface area contributed by atoms with Crippen LogP contribution in [0.1, 0.15) is 39.2 Å². The van der Waals surface area contributed by atoms with Crippen molar-refractivity contribution in [2.45, 2.75) is 46.6 Å². The van der Waals surface area contributed by atoms with E-state index in [9.17, 15) is 14.7 Å². The highest BCUT2D eigenvalue weighted by atomic mass is 16.5. The van der Waals surface area contributed by atoms with Gasteiger partial charge < -0.3 is 9.84 Å². The van der Waals surface area contributed by atoms with Crippen LogP contribution in [0, 0.1) is 5.41 Å². The van der Waals surface area contributed by atoms with Crippen molar-refractivity contribution < 1.29 is 9.84 Å². The van der Waals surface area contributed by atoms with E-state index in [1.165, 1.54) is 4.57 Å². The second-order valence-corrected chi connectivity index (χ2v) is 5.80. The summed E-state index contributed by atoms with van der Waals surface area (Å²) >= 11 is 0. The first-order valence-electron chi connectivity index (χ1n) is 6.86. The lowest BCUT2D eigenvalue weighted by Crippen LogP contribution is -2.36. The zero-order valence-corrected chi connectivity index (χ0v) is 12.7. The molecule has 6 nitrogen and oxygen atoms in total. The average Bonchev–Trinajstić information content (AvgIpc) is 2.37. The molecular formula is C14H24N2O4. The minimum Gasteiger partial charge on any atom is -0.494 e. The topological polar surface area (TPSA) is 84.3 Å². The number of ether oxygens (including phenoxy) is 1. The number of nitrogens with one attached hydrogen (secondary N) is 1. The van der Waals surface area contributed by atoms with Crippen molar-refractivity contribution in [2.24, 2.45) is 5.41 Å². The normalized spacial score (nSPS) is 11.8. The van der Waals surface area contributed by atoms with Crippen LogP contribution in [-0.4, -0.2) is 28.4 Å². The standard InChI is InChI=1S/C14H24N2O4/c1-5-6-10-11(17)15-13(19)16(12(10)18)9-14(2,3)7-8-20-4/h18H,5-9H2,1-4H3,(H,15,17,19). The Kier molecular flexibility index (Phi) is 5.56. The molecule has 1 heterocycles. The summed E-state index contributed by atoms with van der Waals surface area (Å²) in [6.45, 7) is 6.80. The van der Waals surface area contributed by atoms with Crippen LogP contribution in [-0.2, 0) is 17.7 Å². The van der Waals surface area contributed by atoms with Gasteiger partial charge in [-0.3, -0.25) is 14.3 Å². The van der Waals surface area contributed by atoms with Crippen LogP contribution in [0.25, 0.3) is 0 Å². The van der Waals surface area contributed by atoms with E-state index in [4.69, 9.17) is 4.74 Å². The van der Waals surface area contributed by atoms with E-state index in [2.05, 4.69) is 4.98 Å². The lowest BCUT2D eigenvalue weighted by atomic mass is 9.89. The molecule has 0 unspecified atom stereocenters. The van der Waals surface area contributed by atoms with Crippen molar-refractivity contribution in [3.8, 4) is 5.88 Å². The second-order valence-electron chi connectivity index (χ2n) is 5.80. The number of hydrogen-bond acceptors (Lipinski definition) is 4. The Bertz CT molecular complexity index is 557. The molecule has 0 saturated carbocycles. The van der Waals surface area contributed by atoms with Gasteiger partial charge in [0.2, 0.25) is 5.88 Å². The Labute approximate surface area is 118 Å². The summed E-state index contributed by atoms with van der Waals surface area (Å²) in [7, 11) is 1.62. The van der Waals surface area contributed by atoms with E-state index in [0.717, 1.165) is 12.8 Å². The summed E-state index contributed by atoms with van der Waals surface area (Å²) in [6.07, 6.45) is 1.92. The largest absolute Gasteiger partial charge is 0.494 e. The van der Waals surface area contributed by atoms with E-state index in [1.54, 1.807) is 7.11 Å². The van der Waals surface area contributed by atoms with E-state index >= 15 is 0 Å². The van der Waals surface area contributed by atoms with Crippen molar-refractivity contribution in [3.63, 3.8) is 0 Å². The van der Waals surface area contributed by atoms with Crippen LogP contribution < -0.4 is 11.2 Å². The number of methoxy groups -OCH3 is 1. The van der Waals surface area contributed by atoms with Crippen LogP contribution >= 0.6 is 0 Å². The van der Waals surface area contributed by atoms with Gasteiger partial charge in [0.05, 0.1) is 5.56 Å². The molecule has 114 valence electrons. The highest BCUT2D eigenvalue weighted by Crippen LogP contribution is 2.24. The Balaban J connectivity index is 3.15. The quantitative estimate of drug-likeness (QED) is 0.789. The second kappa shape index (κ2) is 6.74. The highest BCUT2D eigenvalue weighted by Gasteiger charge is 2.22. The predicted octanol–water partition coefficient (Wildman–Crippen LogP) is 1.26. The molecule has 1 aromatic heterocycles. The lowest BCUT2D eigenvalue weighted by Gasteiger charge is -2.25. The molecule has 0 radical (unpaired) electrons. The van der Waals surface area contributed by atoms with Crippen molar-refractivity contribution in [1.29, 1.82) is 0 Å².